The van der Waals surface area contributed by atoms with E-state index >= 15 is 0 Å². The molecule has 0 radical (unpaired) electrons. The van der Waals surface area contributed by atoms with Gasteiger partial charge in [-0.25, -0.2) is 0 Å². The predicted octanol–water partition coefficient (Wildman–Crippen LogP) is 2.39. The Kier molecular flexibility index (Phi) is 8.71. The van der Waals surface area contributed by atoms with Crippen LogP contribution in [-0.4, -0.2) is 35.7 Å². The highest BCUT2D eigenvalue weighted by atomic mass is 16.2. The Bertz CT molecular complexity index is 347. The number of carbonyl (C=O) groups is 3. The van der Waals surface area contributed by atoms with Crippen molar-refractivity contribution in [2.24, 2.45) is 0 Å². The second-order valence-electron chi connectivity index (χ2n) is 5.66. The van der Waals surface area contributed by atoms with Gasteiger partial charge in [-0.15, -0.1) is 0 Å². The Morgan fingerprint density at radius 1 is 1.10 bits per heavy atom. The summed E-state index contributed by atoms with van der Waals surface area (Å²) in [6, 6.07) is 0. The summed E-state index contributed by atoms with van der Waals surface area (Å²) >= 11 is 0. The van der Waals surface area contributed by atoms with Gasteiger partial charge in [0.05, 0.1) is 0 Å². The van der Waals surface area contributed by atoms with Gasteiger partial charge in [0.25, 0.3) is 0 Å². The average Bonchev–Trinajstić information content (AvgIpc) is 3.10. The van der Waals surface area contributed by atoms with Crippen LogP contribution in [0.25, 0.3) is 0 Å². The highest BCUT2D eigenvalue weighted by Crippen LogP contribution is 2.13. The van der Waals surface area contributed by atoms with Gasteiger partial charge < -0.3 is 5.32 Å². The van der Waals surface area contributed by atoms with E-state index in [1.807, 2.05) is 0 Å². The Hall–Kier alpha value is -1.39. The summed E-state index contributed by atoms with van der Waals surface area (Å²) in [6.07, 6.45) is 9.44. The maximum atomic E-state index is 11.6. The van der Waals surface area contributed by atoms with E-state index in [4.69, 9.17) is 0 Å². The van der Waals surface area contributed by atoms with Gasteiger partial charge in [-0.05, 0) is 19.3 Å². The zero-order valence-corrected chi connectivity index (χ0v) is 13.2. The van der Waals surface area contributed by atoms with E-state index in [2.05, 4.69) is 12.2 Å². The van der Waals surface area contributed by atoms with Gasteiger partial charge in [0.2, 0.25) is 17.7 Å². The predicted molar refractivity (Wildman–Crippen MR) is 81.6 cm³/mol. The molecular formula is C16H28N2O3. The van der Waals surface area contributed by atoms with E-state index in [1.165, 1.54) is 24.2 Å². The number of unbranched alkanes of at least 4 members (excludes halogenated alkanes) is 4. The molecule has 0 aromatic carbocycles. The van der Waals surface area contributed by atoms with E-state index in [1.54, 1.807) is 0 Å². The van der Waals surface area contributed by atoms with Gasteiger partial charge in [0.1, 0.15) is 0 Å². The fraction of sp³-hybridized carbons (Fsp3) is 0.812. The number of imide groups is 1. The lowest BCUT2D eigenvalue weighted by atomic mass is 10.1. The first kappa shape index (κ1) is 17.7. The van der Waals surface area contributed by atoms with E-state index in [0.717, 1.165) is 38.6 Å². The molecule has 2 aliphatic rings. The van der Waals surface area contributed by atoms with Crippen LogP contribution in [0.4, 0.5) is 0 Å². The van der Waals surface area contributed by atoms with Crippen LogP contribution in [0, 0.1) is 0 Å². The van der Waals surface area contributed by atoms with Crippen molar-refractivity contribution in [1.82, 2.24) is 10.2 Å². The SMILES string of the molecule is CCCCCCCC(=O)N1CCCC1=O.O=C1CCCN1. The minimum Gasteiger partial charge on any atom is -0.356 e. The Labute approximate surface area is 127 Å². The highest BCUT2D eigenvalue weighted by Gasteiger charge is 2.25. The molecule has 0 unspecified atom stereocenters. The molecule has 0 aromatic rings. The zero-order chi connectivity index (χ0) is 15.5. The zero-order valence-electron chi connectivity index (χ0n) is 13.2. The molecule has 2 saturated heterocycles. The smallest absolute Gasteiger partial charge is 0.229 e. The Morgan fingerprint density at radius 3 is 2.33 bits per heavy atom. The van der Waals surface area contributed by atoms with Crippen molar-refractivity contribution in [3.8, 4) is 0 Å². The minimum atomic E-state index is 0.0218. The maximum absolute atomic E-state index is 11.6. The van der Waals surface area contributed by atoms with Gasteiger partial charge in [0.15, 0.2) is 0 Å². The molecule has 120 valence electrons. The third-order valence-electron chi connectivity index (χ3n) is 3.77. The largest absolute Gasteiger partial charge is 0.356 e. The first-order chi connectivity index (χ1) is 10.1. The van der Waals surface area contributed by atoms with Crippen LogP contribution < -0.4 is 5.32 Å². The van der Waals surface area contributed by atoms with E-state index in [9.17, 15) is 14.4 Å². The van der Waals surface area contributed by atoms with Crippen molar-refractivity contribution < 1.29 is 14.4 Å². The van der Waals surface area contributed by atoms with Crippen molar-refractivity contribution in [2.75, 3.05) is 13.1 Å². The number of hydrogen-bond acceptors (Lipinski definition) is 3. The topological polar surface area (TPSA) is 66.5 Å². The number of nitrogens with zero attached hydrogens (tertiary/aromatic N) is 1. The van der Waals surface area contributed by atoms with Gasteiger partial charge in [0, 0.05) is 32.4 Å². The Morgan fingerprint density at radius 2 is 1.86 bits per heavy atom. The van der Waals surface area contributed by atoms with E-state index in [0.29, 0.717) is 19.4 Å². The third-order valence-corrected chi connectivity index (χ3v) is 3.77. The summed E-state index contributed by atoms with van der Waals surface area (Å²) < 4.78 is 0. The van der Waals surface area contributed by atoms with Crippen LogP contribution in [0.5, 0.6) is 0 Å². The monoisotopic (exact) mass is 296 g/mol. The number of likely N-dealkylation sites (tertiary alicyclic amines) is 1. The second kappa shape index (κ2) is 10.4. The fourth-order valence-electron chi connectivity index (χ4n) is 2.49. The molecular weight excluding hydrogens is 268 g/mol. The molecule has 0 aromatic heterocycles. The van der Waals surface area contributed by atoms with Crippen LogP contribution in [0.2, 0.25) is 0 Å². The number of hydrogen-bond donors (Lipinski definition) is 1. The molecule has 1 N–H and O–H groups in total. The van der Waals surface area contributed by atoms with Gasteiger partial charge >= 0.3 is 0 Å². The number of carbonyl (C=O) groups excluding carboxylic acids is 3. The molecule has 5 nitrogen and oxygen atoms in total. The quantitative estimate of drug-likeness (QED) is 0.765. The molecule has 0 bridgehead atoms. The van der Waals surface area contributed by atoms with Gasteiger partial charge in [-0.3, -0.25) is 19.3 Å². The van der Waals surface area contributed by atoms with Crippen molar-refractivity contribution in [3.05, 3.63) is 0 Å². The van der Waals surface area contributed by atoms with Crippen molar-refractivity contribution in [3.63, 3.8) is 0 Å². The maximum Gasteiger partial charge on any atom is 0.229 e. The van der Waals surface area contributed by atoms with E-state index in [-0.39, 0.29) is 17.7 Å². The number of nitrogens with one attached hydrogen (secondary N) is 1. The van der Waals surface area contributed by atoms with Crippen molar-refractivity contribution in [1.29, 1.82) is 0 Å². The van der Waals surface area contributed by atoms with Crippen LogP contribution in [-0.2, 0) is 14.4 Å². The molecule has 2 rings (SSSR count). The van der Waals surface area contributed by atoms with E-state index < -0.39 is 0 Å². The highest BCUT2D eigenvalue weighted by molar-refractivity contribution is 5.96. The van der Waals surface area contributed by atoms with Crippen LogP contribution in [0.3, 0.4) is 0 Å². The molecule has 5 heteroatoms. The molecule has 2 heterocycles. The summed E-state index contributed by atoms with van der Waals surface area (Å²) in [4.78, 5) is 34.4. The fourth-order valence-corrected chi connectivity index (χ4v) is 2.49. The minimum absolute atomic E-state index is 0.0218. The lowest BCUT2D eigenvalue weighted by Crippen LogP contribution is -2.31. The molecule has 3 amide bonds. The molecule has 0 atom stereocenters. The van der Waals surface area contributed by atoms with Crippen molar-refractivity contribution in [2.45, 2.75) is 71.1 Å². The third kappa shape index (κ3) is 7.25. The summed E-state index contributed by atoms with van der Waals surface area (Å²) in [6.45, 7) is 3.71. The Balaban J connectivity index is 0.000000304. The van der Waals surface area contributed by atoms with Gasteiger partial charge in [-0.1, -0.05) is 32.6 Å². The normalized spacial score (nSPS) is 17.5. The second-order valence-corrected chi connectivity index (χ2v) is 5.66. The molecule has 2 fully saturated rings. The first-order valence-electron chi connectivity index (χ1n) is 8.25. The van der Waals surface area contributed by atoms with Gasteiger partial charge in [-0.2, -0.15) is 0 Å². The number of amides is 3. The summed E-state index contributed by atoms with van der Waals surface area (Å²) in [5.74, 6) is 0.262. The summed E-state index contributed by atoms with van der Waals surface area (Å²) in [7, 11) is 0. The molecule has 0 spiro atoms. The molecule has 0 aliphatic carbocycles. The average molecular weight is 296 g/mol. The van der Waals surface area contributed by atoms with Crippen LogP contribution >= 0.6 is 0 Å². The summed E-state index contributed by atoms with van der Waals surface area (Å²) in [5, 5.41) is 2.68. The first-order valence-corrected chi connectivity index (χ1v) is 8.25. The van der Waals surface area contributed by atoms with Crippen molar-refractivity contribution >= 4 is 17.7 Å². The number of rotatable bonds is 6. The van der Waals surface area contributed by atoms with Crippen LogP contribution in [0.15, 0.2) is 0 Å². The lowest BCUT2D eigenvalue weighted by Gasteiger charge is -2.12. The molecule has 0 saturated carbocycles. The standard InChI is InChI=1S/C12H21NO2.C4H7NO/c1-2-3-4-5-6-8-11(14)13-10-7-9-12(13)15;6-4-2-1-3-5-4/h2-10H2,1H3;1-3H2,(H,5,6). The lowest BCUT2D eigenvalue weighted by molar-refractivity contribution is -0.141. The molecule has 2 aliphatic heterocycles. The van der Waals surface area contributed by atoms with Crippen LogP contribution in [0.1, 0.15) is 71.1 Å². The summed E-state index contributed by atoms with van der Waals surface area (Å²) in [5.41, 5.74) is 0. The molecule has 21 heavy (non-hydrogen) atoms.